The van der Waals surface area contributed by atoms with Gasteiger partial charge in [-0.25, -0.2) is 0 Å². The number of nitrogens with two attached hydrogens (primary N) is 1. The third-order valence-electron chi connectivity index (χ3n) is 2.31. The van der Waals surface area contributed by atoms with Gasteiger partial charge in [0.2, 0.25) is 0 Å². The molecule has 1 atom stereocenters. The molecular formula is C12H17ClN2O. The van der Waals surface area contributed by atoms with Gasteiger partial charge in [-0.15, -0.1) is 12.4 Å². The number of nitriles is 1. The van der Waals surface area contributed by atoms with Crippen LogP contribution in [-0.4, -0.2) is 5.11 Å². The van der Waals surface area contributed by atoms with Gasteiger partial charge in [-0.1, -0.05) is 26.0 Å². The Kier molecular flexibility index (Phi) is 5.87. The summed E-state index contributed by atoms with van der Waals surface area (Å²) in [5, 5.41) is 18.5. The number of rotatable bonds is 3. The molecule has 88 valence electrons. The van der Waals surface area contributed by atoms with Gasteiger partial charge in [0.1, 0.15) is 11.8 Å². The van der Waals surface area contributed by atoms with E-state index in [0.29, 0.717) is 11.5 Å². The highest BCUT2D eigenvalue weighted by molar-refractivity contribution is 5.85. The molecule has 0 amide bonds. The van der Waals surface area contributed by atoms with E-state index in [2.05, 4.69) is 13.8 Å². The monoisotopic (exact) mass is 240 g/mol. The molecule has 4 heteroatoms. The topological polar surface area (TPSA) is 70.0 Å². The first-order valence-corrected chi connectivity index (χ1v) is 5.03. The Morgan fingerprint density at radius 1 is 1.44 bits per heavy atom. The Labute approximate surface area is 102 Å². The molecule has 3 N–H and O–H groups in total. The number of nitrogens with zero attached hydrogens (tertiary/aromatic N) is 1. The molecule has 0 aliphatic carbocycles. The van der Waals surface area contributed by atoms with E-state index in [9.17, 15) is 5.11 Å². The maximum absolute atomic E-state index is 9.77. The van der Waals surface area contributed by atoms with Crippen LogP contribution in [0.1, 0.15) is 37.4 Å². The molecule has 0 aliphatic rings. The summed E-state index contributed by atoms with van der Waals surface area (Å²) >= 11 is 0. The summed E-state index contributed by atoms with van der Waals surface area (Å²) in [7, 11) is 0. The highest BCUT2D eigenvalue weighted by Gasteiger charge is 2.14. The van der Waals surface area contributed by atoms with E-state index in [4.69, 9.17) is 11.0 Å². The van der Waals surface area contributed by atoms with Gasteiger partial charge in [0, 0.05) is 11.6 Å². The predicted octanol–water partition coefficient (Wildman–Crippen LogP) is 2.73. The molecule has 1 aromatic rings. The summed E-state index contributed by atoms with van der Waals surface area (Å²) in [5.41, 5.74) is 6.89. The summed E-state index contributed by atoms with van der Waals surface area (Å²) in [6, 6.07) is 6.82. The standard InChI is InChI=1S/C12H16N2O.ClH/c1-8(2)6-11(14)10-5-3-4-9(7-13)12(10)15;/h3-5,8,11,15H,6,14H2,1-2H3;1H/t11-;/m0./s1. The van der Waals surface area contributed by atoms with Gasteiger partial charge in [0.25, 0.3) is 0 Å². The first kappa shape index (κ1) is 14.8. The number of hydrogen-bond donors (Lipinski definition) is 2. The first-order valence-electron chi connectivity index (χ1n) is 5.03. The third kappa shape index (κ3) is 3.41. The number of phenolic OH excluding ortho intramolecular Hbond substituents is 1. The molecule has 1 aromatic carbocycles. The van der Waals surface area contributed by atoms with Crippen LogP contribution in [0, 0.1) is 17.2 Å². The van der Waals surface area contributed by atoms with Gasteiger partial charge in [0.15, 0.2) is 0 Å². The smallest absolute Gasteiger partial charge is 0.138 e. The van der Waals surface area contributed by atoms with Crippen molar-refractivity contribution < 1.29 is 5.11 Å². The van der Waals surface area contributed by atoms with Crippen molar-refractivity contribution in [2.75, 3.05) is 0 Å². The fraction of sp³-hybridized carbons (Fsp3) is 0.417. The lowest BCUT2D eigenvalue weighted by Crippen LogP contribution is -2.13. The number of para-hydroxylation sites is 1. The van der Waals surface area contributed by atoms with Crippen LogP contribution in [0.2, 0.25) is 0 Å². The first-order chi connectivity index (χ1) is 7.06. The molecule has 0 saturated heterocycles. The minimum Gasteiger partial charge on any atom is -0.506 e. The van der Waals surface area contributed by atoms with Crippen LogP contribution >= 0.6 is 12.4 Å². The fourth-order valence-electron chi connectivity index (χ4n) is 1.59. The van der Waals surface area contributed by atoms with Crippen LogP contribution in [0.3, 0.4) is 0 Å². The number of phenols is 1. The highest BCUT2D eigenvalue weighted by atomic mass is 35.5. The Balaban J connectivity index is 0.00000225. The van der Waals surface area contributed by atoms with Crippen molar-refractivity contribution in [2.24, 2.45) is 11.7 Å². The van der Waals surface area contributed by atoms with Crippen LogP contribution in [0.15, 0.2) is 18.2 Å². The normalized spacial score (nSPS) is 11.7. The summed E-state index contributed by atoms with van der Waals surface area (Å²) < 4.78 is 0. The zero-order valence-electron chi connectivity index (χ0n) is 9.47. The average Bonchev–Trinajstić information content (AvgIpc) is 2.17. The molecule has 0 spiro atoms. The quantitative estimate of drug-likeness (QED) is 0.854. The Hall–Kier alpha value is -1.24. The summed E-state index contributed by atoms with van der Waals surface area (Å²) in [6.45, 7) is 4.15. The molecule has 0 fully saturated rings. The molecule has 16 heavy (non-hydrogen) atoms. The van der Waals surface area contributed by atoms with Crippen molar-refractivity contribution in [3.63, 3.8) is 0 Å². The molecule has 0 saturated carbocycles. The number of benzene rings is 1. The second-order valence-corrected chi connectivity index (χ2v) is 4.09. The lowest BCUT2D eigenvalue weighted by molar-refractivity contribution is 0.444. The zero-order chi connectivity index (χ0) is 11.4. The van der Waals surface area contributed by atoms with Crippen molar-refractivity contribution in [3.8, 4) is 11.8 Å². The highest BCUT2D eigenvalue weighted by Crippen LogP contribution is 2.29. The molecule has 0 radical (unpaired) electrons. The van der Waals surface area contributed by atoms with Crippen LogP contribution < -0.4 is 5.73 Å². The molecule has 0 bridgehead atoms. The van der Waals surface area contributed by atoms with Gasteiger partial charge in [-0.2, -0.15) is 5.26 Å². The summed E-state index contributed by atoms with van der Waals surface area (Å²) in [5.74, 6) is 0.485. The van der Waals surface area contributed by atoms with Crippen LogP contribution in [-0.2, 0) is 0 Å². The lowest BCUT2D eigenvalue weighted by atomic mass is 9.96. The fourth-order valence-corrected chi connectivity index (χ4v) is 1.59. The van der Waals surface area contributed by atoms with Gasteiger partial charge in [-0.3, -0.25) is 0 Å². The van der Waals surface area contributed by atoms with Gasteiger partial charge in [-0.05, 0) is 18.4 Å². The van der Waals surface area contributed by atoms with E-state index in [1.54, 1.807) is 18.2 Å². The maximum Gasteiger partial charge on any atom is 0.138 e. The van der Waals surface area contributed by atoms with Crippen molar-refractivity contribution in [1.29, 1.82) is 5.26 Å². The minimum absolute atomic E-state index is 0. The second kappa shape index (κ2) is 6.37. The van der Waals surface area contributed by atoms with E-state index < -0.39 is 0 Å². The average molecular weight is 241 g/mol. The largest absolute Gasteiger partial charge is 0.506 e. The molecule has 1 rings (SSSR count). The van der Waals surface area contributed by atoms with Crippen LogP contribution in [0.5, 0.6) is 5.75 Å². The van der Waals surface area contributed by atoms with Crippen molar-refractivity contribution in [1.82, 2.24) is 0 Å². The van der Waals surface area contributed by atoms with E-state index in [1.807, 2.05) is 6.07 Å². The maximum atomic E-state index is 9.77. The second-order valence-electron chi connectivity index (χ2n) is 4.09. The third-order valence-corrected chi connectivity index (χ3v) is 2.31. The number of hydrogen-bond acceptors (Lipinski definition) is 3. The predicted molar refractivity (Wildman–Crippen MR) is 66.5 cm³/mol. The Morgan fingerprint density at radius 2 is 2.06 bits per heavy atom. The van der Waals surface area contributed by atoms with Gasteiger partial charge in [0.05, 0.1) is 5.56 Å². The summed E-state index contributed by atoms with van der Waals surface area (Å²) in [6.07, 6.45) is 0.794. The molecular weight excluding hydrogens is 224 g/mol. The van der Waals surface area contributed by atoms with E-state index >= 15 is 0 Å². The Morgan fingerprint density at radius 3 is 2.56 bits per heavy atom. The van der Waals surface area contributed by atoms with Crippen molar-refractivity contribution >= 4 is 12.4 Å². The van der Waals surface area contributed by atoms with Gasteiger partial charge >= 0.3 is 0 Å². The van der Waals surface area contributed by atoms with Crippen molar-refractivity contribution in [2.45, 2.75) is 26.3 Å². The minimum atomic E-state index is -0.210. The molecule has 0 unspecified atom stereocenters. The van der Waals surface area contributed by atoms with E-state index in [-0.39, 0.29) is 29.8 Å². The molecule has 0 heterocycles. The Bertz CT molecular complexity index is 385. The SMILES string of the molecule is CC(C)C[C@H](N)c1cccc(C#N)c1O.Cl. The van der Waals surface area contributed by atoms with E-state index in [1.165, 1.54) is 0 Å². The molecule has 0 aromatic heterocycles. The lowest BCUT2D eigenvalue weighted by Gasteiger charge is -2.16. The van der Waals surface area contributed by atoms with Crippen LogP contribution in [0.4, 0.5) is 0 Å². The molecule has 3 nitrogen and oxygen atoms in total. The summed E-state index contributed by atoms with van der Waals surface area (Å²) in [4.78, 5) is 0. The zero-order valence-corrected chi connectivity index (χ0v) is 10.3. The van der Waals surface area contributed by atoms with Crippen LogP contribution in [0.25, 0.3) is 0 Å². The van der Waals surface area contributed by atoms with Crippen molar-refractivity contribution in [3.05, 3.63) is 29.3 Å². The van der Waals surface area contributed by atoms with E-state index in [0.717, 1.165) is 6.42 Å². The van der Waals surface area contributed by atoms with Gasteiger partial charge < -0.3 is 10.8 Å². The number of aromatic hydroxyl groups is 1. The molecule has 0 aliphatic heterocycles. The number of halogens is 1.